The van der Waals surface area contributed by atoms with Crippen LogP contribution in [-0.4, -0.2) is 20.7 Å². The number of allylic oxidation sites excluding steroid dienone is 1. The van der Waals surface area contributed by atoms with Crippen molar-refractivity contribution < 1.29 is 14.6 Å². The lowest BCUT2D eigenvalue weighted by atomic mass is 10.0. The lowest BCUT2D eigenvalue weighted by Crippen LogP contribution is -2.08. The summed E-state index contributed by atoms with van der Waals surface area (Å²) in [6, 6.07) is 22.0. The monoisotopic (exact) mass is 409 g/mol. The largest absolute Gasteiger partial charge is 0.504 e. The minimum Gasteiger partial charge on any atom is -0.504 e. The maximum absolute atomic E-state index is 13.0. The number of nitrogen functional groups attached to an aromatic ring is 1. The summed E-state index contributed by atoms with van der Waals surface area (Å²) in [5.74, 6) is 0.943. The van der Waals surface area contributed by atoms with Gasteiger partial charge in [0.1, 0.15) is 11.6 Å². The molecule has 31 heavy (non-hydrogen) atoms. The first-order valence-electron chi connectivity index (χ1n) is 9.83. The van der Waals surface area contributed by atoms with Crippen LogP contribution in [0.3, 0.4) is 0 Å². The number of aromatic hydroxyl groups is 1. The first kappa shape index (κ1) is 18.7. The number of hydrogen-bond acceptors (Lipinski definition) is 5. The van der Waals surface area contributed by atoms with Crippen LogP contribution in [0.1, 0.15) is 21.5 Å². The molecule has 6 nitrogen and oxygen atoms in total. The second-order valence-electron chi connectivity index (χ2n) is 7.30. The van der Waals surface area contributed by atoms with Crippen LogP contribution in [0.5, 0.6) is 17.2 Å². The number of carbonyl (C=O) groups is 1. The molecular formula is C25H19N3O3. The van der Waals surface area contributed by atoms with E-state index in [1.165, 1.54) is 16.9 Å². The Morgan fingerprint density at radius 3 is 2.58 bits per heavy atom. The van der Waals surface area contributed by atoms with E-state index in [9.17, 15) is 9.90 Å². The van der Waals surface area contributed by atoms with E-state index >= 15 is 0 Å². The van der Waals surface area contributed by atoms with Crippen molar-refractivity contribution in [1.82, 2.24) is 9.78 Å². The van der Waals surface area contributed by atoms with Crippen molar-refractivity contribution in [3.8, 4) is 22.9 Å². The van der Waals surface area contributed by atoms with Crippen LogP contribution in [0.25, 0.3) is 11.8 Å². The van der Waals surface area contributed by atoms with Gasteiger partial charge < -0.3 is 15.6 Å². The number of rotatable bonds is 5. The molecule has 5 rings (SSSR count). The highest BCUT2D eigenvalue weighted by Gasteiger charge is 2.24. The molecule has 4 aromatic rings. The molecule has 0 aliphatic heterocycles. The number of carbonyl (C=O) groups excluding carboxylic acids is 1. The highest BCUT2D eigenvalue weighted by atomic mass is 16.5. The van der Waals surface area contributed by atoms with Crippen molar-refractivity contribution >= 4 is 17.7 Å². The summed E-state index contributed by atoms with van der Waals surface area (Å²) in [5, 5.41) is 14.7. The number of Topliss-reactive ketones (excluding diaryl/α,β-unsaturated/α-hetero) is 1. The van der Waals surface area contributed by atoms with Gasteiger partial charge in [-0.3, -0.25) is 4.79 Å². The summed E-state index contributed by atoms with van der Waals surface area (Å²) in [6.45, 7) is 0. The van der Waals surface area contributed by atoms with Crippen LogP contribution < -0.4 is 10.5 Å². The Morgan fingerprint density at radius 1 is 1.03 bits per heavy atom. The number of anilines is 1. The van der Waals surface area contributed by atoms with Gasteiger partial charge in [-0.05, 0) is 41.5 Å². The topological polar surface area (TPSA) is 90.4 Å². The number of phenols is 1. The number of phenolic OH excluding ortho intramolecular Hbond substituents is 1. The van der Waals surface area contributed by atoms with Crippen LogP contribution in [0.4, 0.5) is 5.82 Å². The third-order valence-electron chi connectivity index (χ3n) is 5.27. The molecule has 0 fully saturated rings. The Morgan fingerprint density at radius 2 is 1.81 bits per heavy atom. The maximum atomic E-state index is 13.0. The Hall–Kier alpha value is -4.32. The van der Waals surface area contributed by atoms with Crippen molar-refractivity contribution in [2.45, 2.75) is 6.42 Å². The number of nitrogens with two attached hydrogens (primary N) is 1. The predicted octanol–water partition coefficient (Wildman–Crippen LogP) is 4.77. The average molecular weight is 409 g/mol. The van der Waals surface area contributed by atoms with Crippen molar-refractivity contribution in [3.05, 3.63) is 101 Å². The molecule has 0 spiro atoms. The first-order chi connectivity index (χ1) is 15.1. The zero-order valence-electron chi connectivity index (χ0n) is 16.5. The van der Waals surface area contributed by atoms with E-state index in [0.29, 0.717) is 34.7 Å². The molecule has 0 radical (unpaired) electrons. The van der Waals surface area contributed by atoms with Crippen LogP contribution in [0.15, 0.2) is 84.6 Å². The first-order valence-corrected chi connectivity index (χ1v) is 9.83. The fourth-order valence-corrected chi connectivity index (χ4v) is 3.68. The second-order valence-corrected chi connectivity index (χ2v) is 7.30. The minimum atomic E-state index is -0.145. The quantitative estimate of drug-likeness (QED) is 0.463. The predicted molar refractivity (Wildman–Crippen MR) is 119 cm³/mol. The molecule has 0 unspecified atom stereocenters. The van der Waals surface area contributed by atoms with E-state index in [-0.39, 0.29) is 17.4 Å². The van der Waals surface area contributed by atoms with Crippen LogP contribution in [0.2, 0.25) is 0 Å². The summed E-state index contributed by atoms with van der Waals surface area (Å²) < 4.78 is 7.13. The average Bonchev–Trinajstić information content (AvgIpc) is 3.39. The van der Waals surface area contributed by atoms with Gasteiger partial charge in [0.25, 0.3) is 0 Å². The standard InChI is InChI=1S/C25H19N3O3/c26-25-21(24(30)18-12-16-6-4-5-7-17(16)13-18)15-27-28(25)19-10-11-23(22(29)14-19)31-20-8-2-1-3-9-20/h1-12,14-15,29H,13,26H2. The third-order valence-corrected chi connectivity index (χ3v) is 5.27. The molecule has 152 valence electrons. The fraction of sp³-hybridized carbons (Fsp3) is 0.0400. The van der Waals surface area contributed by atoms with E-state index in [0.717, 1.165) is 11.1 Å². The normalized spacial score (nSPS) is 12.3. The smallest absolute Gasteiger partial charge is 0.194 e. The Balaban J connectivity index is 1.40. The molecule has 6 heteroatoms. The van der Waals surface area contributed by atoms with Gasteiger partial charge >= 0.3 is 0 Å². The molecule has 0 saturated carbocycles. The number of nitrogens with zero attached hydrogens (tertiary/aromatic N) is 2. The van der Waals surface area contributed by atoms with Crippen LogP contribution in [-0.2, 0) is 6.42 Å². The molecule has 0 bridgehead atoms. The van der Waals surface area contributed by atoms with Crippen molar-refractivity contribution in [1.29, 1.82) is 0 Å². The number of ketones is 1. The number of para-hydroxylation sites is 1. The summed E-state index contributed by atoms with van der Waals surface area (Å²) in [6.07, 6.45) is 3.94. The number of aromatic nitrogens is 2. The molecule has 1 heterocycles. The van der Waals surface area contributed by atoms with Gasteiger partial charge in [0.05, 0.1) is 17.4 Å². The number of fused-ring (bicyclic) bond motifs is 1. The molecule has 1 aliphatic carbocycles. The van der Waals surface area contributed by atoms with Crippen LogP contribution >= 0.6 is 0 Å². The number of hydrogen-bond donors (Lipinski definition) is 2. The van der Waals surface area contributed by atoms with Gasteiger partial charge in [-0.1, -0.05) is 42.5 Å². The summed E-state index contributed by atoms with van der Waals surface area (Å²) >= 11 is 0. The summed E-state index contributed by atoms with van der Waals surface area (Å²) in [4.78, 5) is 13.0. The molecule has 3 N–H and O–H groups in total. The zero-order chi connectivity index (χ0) is 21.4. The highest BCUT2D eigenvalue weighted by molar-refractivity contribution is 6.15. The van der Waals surface area contributed by atoms with E-state index in [4.69, 9.17) is 10.5 Å². The Kier molecular flexibility index (Phi) is 4.52. The highest BCUT2D eigenvalue weighted by Crippen LogP contribution is 2.34. The summed E-state index contributed by atoms with van der Waals surface area (Å²) in [5.41, 5.74) is 9.98. The lowest BCUT2D eigenvalue weighted by Gasteiger charge is -2.10. The van der Waals surface area contributed by atoms with Crippen molar-refractivity contribution in [2.24, 2.45) is 0 Å². The van der Waals surface area contributed by atoms with E-state index in [1.807, 2.05) is 48.5 Å². The van der Waals surface area contributed by atoms with Crippen molar-refractivity contribution in [2.75, 3.05) is 5.73 Å². The molecule has 0 atom stereocenters. The maximum Gasteiger partial charge on any atom is 0.194 e. The number of benzene rings is 3. The Labute approximate surface area is 178 Å². The second kappa shape index (κ2) is 7.50. The van der Waals surface area contributed by atoms with E-state index < -0.39 is 0 Å². The van der Waals surface area contributed by atoms with Gasteiger partial charge in [-0.25, -0.2) is 4.68 Å². The third kappa shape index (κ3) is 3.44. The lowest BCUT2D eigenvalue weighted by molar-refractivity contribution is 0.103. The van der Waals surface area contributed by atoms with Crippen molar-refractivity contribution in [3.63, 3.8) is 0 Å². The van der Waals surface area contributed by atoms with Gasteiger partial charge in [0.2, 0.25) is 0 Å². The Bertz CT molecular complexity index is 1320. The van der Waals surface area contributed by atoms with E-state index in [2.05, 4.69) is 5.10 Å². The minimum absolute atomic E-state index is 0.0573. The number of ether oxygens (including phenoxy) is 1. The SMILES string of the molecule is Nc1c(C(=O)C2=Cc3ccccc3C2)cnn1-c1ccc(Oc2ccccc2)c(O)c1. The van der Waals surface area contributed by atoms with Gasteiger partial charge in [0.15, 0.2) is 17.3 Å². The molecule has 1 aliphatic rings. The van der Waals surface area contributed by atoms with Gasteiger partial charge in [-0.2, -0.15) is 5.10 Å². The van der Waals surface area contributed by atoms with Gasteiger partial charge in [0, 0.05) is 18.1 Å². The molecule has 3 aromatic carbocycles. The molecule has 0 saturated heterocycles. The fourth-order valence-electron chi connectivity index (χ4n) is 3.68. The summed E-state index contributed by atoms with van der Waals surface area (Å²) in [7, 11) is 0. The van der Waals surface area contributed by atoms with Crippen LogP contribution in [0, 0.1) is 0 Å². The zero-order valence-corrected chi connectivity index (χ0v) is 16.5. The molecule has 1 aromatic heterocycles. The van der Waals surface area contributed by atoms with E-state index in [1.54, 1.807) is 24.3 Å². The molecular weight excluding hydrogens is 390 g/mol. The molecule has 0 amide bonds. The van der Waals surface area contributed by atoms with Gasteiger partial charge in [-0.15, -0.1) is 0 Å².